The molecular weight excluding hydrogens is 512 g/mol. The van der Waals surface area contributed by atoms with Gasteiger partial charge in [0.15, 0.2) is 0 Å². The minimum absolute atomic E-state index is 0.00626. The van der Waals surface area contributed by atoms with Crippen molar-refractivity contribution in [2.75, 3.05) is 46.4 Å². The molecule has 41 heavy (non-hydrogen) atoms. The first-order valence-electron chi connectivity index (χ1n) is 17.3. The minimum atomic E-state index is -0.220. The summed E-state index contributed by atoms with van der Waals surface area (Å²) in [5.41, 5.74) is 5.90. The summed E-state index contributed by atoms with van der Waals surface area (Å²) in [7, 11) is 1.48. The molecule has 7 nitrogen and oxygen atoms in total. The first kappa shape index (κ1) is 33.2. The van der Waals surface area contributed by atoms with E-state index in [0.29, 0.717) is 41.5 Å². The molecule has 0 radical (unpaired) electrons. The van der Waals surface area contributed by atoms with Crippen molar-refractivity contribution in [1.82, 2.24) is 16.0 Å². The van der Waals surface area contributed by atoms with Gasteiger partial charge in [-0.05, 0) is 163 Å². The number of hydrogen-bond acceptors (Lipinski definition) is 7. The minimum Gasteiger partial charge on any atom is -0.469 e. The van der Waals surface area contributed by atoms with Crippen LogP contribution in [-0.2, 0) is 9.53 Å². The van der Waals surface area contributed by atoms with Gasteiger partial charge in [-0.25, -0.2) is 0 Å². The molecule has 0 spiro atoms. The fourth-order valence-electron chi connectivity index (χ4n) is 10.4. The van der Waals surface area contributed by atoms with Crippen molar-refractivity contribution in [3.05, 3.63) is 0 Å². The number of carbonyl (C=O) groups is 1. The Morgan fingerprint density at radius 3 is 2.37 bits per heavy atom. The Balaban J connectivity index is 1.22. The lowest BCUT2D eigenvalue weighted by atomic mass is 9.43. The maximum Gasteiger partial charge on any atom is 0.305 e. The Bertz CT molecular complexity index is 813. The van der Waals surface area contributed by atoms with E-state index in [0.717, 1.165) is 70.4 Å². The second-order valence-corrected chi connectivity index (χ2v) is 14.8. The van der Waals surface area contributed by atoms with Crippen LogP contribution in [0.2, 0.25) is 0 Å². The van der Waals surface area contributed by atoms with E-state index in [-0.39, 0.29) is 17.5 Å². The predicted molar refractivity (Wildman–Crippen MR) is 167 cm³/mol. The molecule has 4 rings (SSSR count). The third-order valence-corrected chi connectivity index (χ3v) is 12.8. The van der Waals surface area contributed by atoms with Gasteiger partial charge in [0.2, 0.25) is 0 Å². The molecule has 0 amide bonds. The average molecular weight is 577 g/mol. The fourth-order valence-corrected chi connectivity index (χ4v) is 10.4. The summed E-state index contributed by atoms with van der Waals surface area (Å²) in [4.78, 5) is 11.8. The molecule has 0 aromatic rings. The van der Waals surface area contributed by atoms with E-state index in [2.05, 4.69) is 36.7 Å². The van der Waals surface area contributed by atoms with Gasteiger partial charge >= 0.3 is 5.97 Å². The molecule has 238 valence electrons. The van der Waals surface area contributed by atoms with Gasteiger partial charge in [-0.3, -0.25) is 4.79 Å². The quantitative estimate of drug-likeness (QED) is 0.136. The van der Waals surface area contributed by atoms with Gasteiger partial charge in [0.05, 0.1) is 13.2 Å². The van der Waals surface area contributed by atoms with Crippen LogP contribution in [0.5, 0.6) is 0 Å². The molecule has 6 N–H and O–H groups in total. The molecule has 4 saturated carbocycles. The number of nitrogens with two attached hydrogens (primary N) is 1. The highest BCUT2D eigenvalue weighted by Crippen LogP contribution is 2.68. The number of rotatable bonds is 16. The van der Waals surface area contributed by atoms with Crippen LogP contribution in [0.1, 0.15) is 104 Å². The van der Waals surface area contributed by atoms with Crippen molar-refractivity contribution < 1.29 is 14.6 Å². The van der Waals surface area contributed by atoms with E-state index < -0.39 is 0 Å². The summed E-state index contributed by atoms with van der Waals surface area (Å²) in [6.07, 6.45) is 14.6. The Kier molecular flexibility index (Phi) is 12.4. The molecule has 0 aromatic carbocycles. The monoisotopic (exact) mass is 576 g/mol. The summed E-state index contributed by atoms with van der Waals surface area (Å²) in [5.74, 6) is 3.68. The highest BCUT2D eigenvalue weighted by molar-refractivity contribution is 5.69. The number of nitrogens with one attached hydrogen (secondary N) is 3. The first-order chi connectivity index (χ1) is 19.8. The smallest absolute Gasteiger partial charge is 0.305 e. The maximum absolute atomic E-state index is 11.8. The van der Waals surface area contributed by atoms with Gasteiger partial charge in [0, 0.05) is 12.5 Å². The van der Waals surface area contributed by atoms with E-state index >= 15 is 0 Å². The number of aliphatic hydroxyl groups excluding tert-OH is 1. The van der Waals surface area contributed by atoms with Crippen LogP contribution in [-0.4, -0.2) is 69.6 Å². The van der Waals surface area contributed by atoms with Crippen LogP contribution in [0, 0.1) is 46.3 Å². The number of esters is 1. The number of aliphatic hydroxyl groups is 1. The molecule has 4 aliphatic rings. The van der Waals surface area contributed by atoms with Gasteiger partial charge in [-0.2, -0.15) is 0 Å². The average Bonchev–Trinajstić information content (AvgIpc) is 3.33. The third kappa shape index (κ3) is 7.50. The zero-order valence-electron chi connectivity index (χ0n) is 26.9. The Morgan fingerprint density at radius 2 is 1.66 bits per heavy atom. The Morgan fingerprint density at radius 1 is 0.951 bits per heavy atom. The molecule has 0 bridgehead atoms. The van der Waals surface area contributed by atoms with Crippen LogP contribution in [0.4, 0.5) is 0 Å². The largest absolute Gasteiger partial charge is 0.469 e. The Labute approximate surface area is 251 Å². The van der Waals surface area contributed by atoms with Crippen molar-refractivity contribution in [3.63, 3.8) is 0 Å². The third-order valence-electron chi connectivity index (χ3n) is 12.8. The van der Waals surface area contributed by atoms with E-state index in [9.17, 15) is 9.90 Å². The number of ether oxygens (including phenoxy) is 1. The number of hydrogen-bond donors (Lipinski definition) is 5. The molecule has 4 unspecified atom stereocenters. The molecule has 0 heterocycles. The lowest BCUT2D eigenvalue weighted by molar-refractivity contribution is -0.170. The predicted octanol–water partition coefficient (Wildman–Crippen LogP) is 4.47. The molecule has 4 aliphatic carbocycles. The number of fused-ring (bicyclic) bond motifs is 5. The van der Waals surface area contributed by atoms with Gasteiger partial charge in [0.1, 0.15) is 0 Å². The van der Waals surface area contributed by atoms with Crippen molar-refractivity contribution in [3.8, 4) is 0 Å². The van der Waals surface area contributed by atoms with Crippen molar-refractivity contribution in [2.24, 2.45) is 52.1 Å². The highest BCUT2D eigenvalue weighted by Gasteiger charge is 2.63. The van der Waals surface area contributed by atoms with Crippen LogP contribution in [0.3, 0.4) is 0 Å². The molecule has 7 heteroatoms. The molecule has 0 saturated heterocycles. The summed E-state index contributed by atoms with van der Waals surface area (Å²) >= 11 is 0. The molecule has 4 fully saturated rings. The zero-order chi connectivity index (χ0) is 29.5. The topological polar surface area (TPSA) is 109 Å². The van der Waals surface area contributed by atoms with E-state index in [4.69, 9.17) is 10.5 Å². The maximum atomic E-state index is 11.8. The van der Waals surface area contributed by atoms with Gasteiger partial charge in [0.25, 0.3) is 0 Å². The zero-order valence-corrected chi connectivity index (χ0v) is 26.9. The van der Waals surface area contributed by atoms with Gasteiger partial charge in [-0.15, -0.1) is 0 Å². The molecule has 0 aliphatic heterocycles. The highest BCUT2D eigenvalue weighted by atomic mass is 16.5. The lowest BCUT2D eigenvalue weighted by Crippen LogP contribution is -2.59. The normalized spacial score (nSPS) is 39.0. The summed E-state index contributed by atoms with van der Waals surface area (Å²) in [5, 5.41) is 22.8. The van der Waals surface area contributed by atoms with Crippen molar-refractivity contribution >= 4 is 5.97 Å². The van der Waals surface area contributed by atoms with E-state index in [1.807, 2.05) is 0 Å². The van der Waals surface area contributed by atoms with Crippen molar-refractivity contribution in [2.45, 2.75) is 116 Å². The van der Waals surface area contributed by atoms with Crippen LogP contribution < -0.4 is 21.7 Å². The summed E-state index contributed by atoms with van der Waals surface area (Å²) < 4.78 is 4.91. The Hall–Kier alpha value is -0.730. The van der Waals surface area contributed by atoms with Crippen LogP contribution in [0.25, 0.3) is 0 Å². The second-order valence-electron chi connectivity index (χ2n) is 14.8. The van der Waals surface area contributed by atoms with Crippen LogP contribution >= 0.6 is 0 Å². The summed E-state index contributed by atoms with van der Waals surface area (Å²) in [6, 6.07) is 0.654. The summed E-state index contributed by atoms with van der Waals surface area (Å²) in [6.45, 7) is 13.5. The second kappa shape index (κ2) is 15.3. The van der Waals surface area contributed by atoms with E-state index in [1.54, 1.807) is 0 Å². The number of methoxy groups -OCH3 is 1. The van der Waals surface area contributed by atoms with Crippen LogP contribution in [0.15, 0.2) is 0 Å². The number of carbonyl (C=O) groups excluding carboxylic acids is 1. The molecule has 0 aromatic heterocycles. The first-order valence-corrected chi connectivity index (χ1v) is 17.3. The van der Waals surface area contributed by atoms with Crippen molar-refractivity contribution in [1.29, 1.82) is 0 Å². The van der Waals surface area contributed by atoms with E-state index in [1.165, 1.54) is 64.9 Å². The van der Waals surface area contributed by atoms with Gasteiger partial charge < -0.3 is 31.5 Å². The molecule has 10 atom stereocenters. The standard InChI is InChI=1S/C34H64N4O3/c1-24(8-13-32(40)41-4)28-11-12-29-27-10-9-25-22-26(38-21-7-20-37-19-6-18-36-17-5-16-35)14-15-33(25,2)30(27)23-31(39)34(28,29)3/h24-31,36-39H,5-23,35H2,1-4H3/t24-,25?,26+,27?,28-,29?,30?,31+,33+,34-/m1/s1. The van der Waals surface area contributed by atoms with Gasteiger partial charge in [-0.1, -0.05) is 20.8 Å². The lowest BCUT2D eigenvalue weighted by Gasteiger charge is -2.62. The SMILES string of the molecule is COC(=O)CC[C@@H](C)[C@H]1CCC2C3CCC4C[C@@H](NCCCNCCCNCCCN)CC[C@]4(C)C3C[C@H](O)[C@@]21C. The molecular formula is C34H64N4O3. The fraction of sp³-hybridized carbons (Fsp3) is 0.971.